The number of para-hydroxylation sites is 1. The minimum absolute atomic E-state index is 0.0226. The Bertz CT molecular complexity index is 1100. The van der Waals surface area contributed by atoms with Crippen molar-refractivity contribution in [2.45, 2.75) is 37.8 Å². The highest BCUT2D eigenvalue weighted by molar-refractivity contribution is 8.01. The third-order valence-electron chi connectivity index (χ3n) is 5.59. The Balaban J connectivity index is 1.85. The minimum atomic E-state index is -0.207. The van der Waals surface area contributed by atoms with E-state index in [0.717, 1.165) is 23.4 Å². The SMILES string of the molecule is CCc1ccc([C@@H]2S[C@@H](C)C(=O)N2c2c(C)n(C)n(-c3ccccc3)c2=O)cc1. The van der Waals surface area contributed by atoms with Gasteiger partial charge in [0.2, 0.25) is 5.91 Å². The Morgan fingerprint density at radius 1 is 1.00 bits per heavy atom. The van der Waals surface area contributed by atoms with Gasteiger partial charge in [-0.25, -0.2) is 4.68 Å². The molecule has 1 fully saturated rings. The second-order valence-electron chi connectivity index (χ2n) is 7.34. The van der Waals surface area contributed by atoms with E-state index in [2.05, 4.69) is 31.2 Å². The zero-order chi connectivity index (χ0) is 20.7. The highest BCUT2D eigenvalue weighted by atomic mass is 32.2. The molecular formula is C23H25N3O2S. The van der Waals surface area contributed by atoms with Crippen LogP contribution in [0.2, 0.25) is 0 Å². The van der Waals surface area contributed by atoms with Crippen LogP contribution in [0.5, 0.6) is 0 Å². The molecule has 2 atom stereocenters. The molecule has 0 N–H and O–H groups in total. The molecule has 0 saturated carbocycles. The van der Waals surface area contributed by atoms with Crippen LogP contribution in [0.3, 0.4) is 0 Å². The van der Waals surface area contributed by atoms with Gasteiger partial charge >= 0.3 is 0 Å². The molecule has 2 aromatic carbocycles. The number of benzene rings is 2. The number of carbonyl (C=O) groups is 1. The number of thioether (sulfide) groups is 1. The molecule has 6 heteroatoms. The number of carbonyl (C=O) groups excluding carboxylic acids is 1. The van der Waals surface area contributed by atoms with Gasteiger partial charge in [0.05, 0.1) is 16.6 Å². The summed E-state index contributed by atoms with van der Waals surface area (Å²) in [5.74, 6) is -0.0226. The highest BCUT2D eigenvalue weighted by Crippen LogP contribution is 2.45. The fraction of sp³-hybridized carbons (Fsp3) is 0.304. The standard InChI is InChI=1S/C23H25N3O2S/c1-5-17-11-13-18(14-12-17)23-25(21(27)16(3)29-23)20-15(2)24(4)26(22(20)28)19-9-7-6-8-10-19/h6-14,16,23H,5H2,1-4H3/t16-,23-/m0/s1. The lowest BCUT2D eigenvalue weighted by Crippen LogP contribution is -2.34. The molecule has 1 saturated heterocycles. The summed E-state index contributed by atoms with van der Waals surface area (Å²) in [7, 11) is 1.86. The van der Waals surface area contributed by atoms with Gasteiger partial charge in [0.15, 0.2) is 0 Å². The zero-order valence-corrected chi connectivity index (χ0v) is 17.9. The van der Waals surface area contributed by atoms with Crippen molar-refractivity contribution in [3.05, 3.63) is 81.8 Å². The van der Waals surface area contributed by atoms with Crippen LogP contribution in [0.25, 0.3) is 5.69 Å². The Morgan fingerprint density at radius 3 is 2.28 bits per heavy atom. The summed E-state index contributed by atoms with van der Waals surface area (Å²) in [5, 5.41) is -0.406. The van der Waals surface area contributed by atoms with Crippen LogP contribution in [-0.2, 0) is 18.3 Å². The molecular weight excluding hydrogens is 382 g/mol. The molecule has 4 rings (SSSR count). The lowest BCUT2D eigenvalue weighted by Gasteiger charge is -2.23. The molecule has 0 spiro atoms. The monoisotopic (exact) mass is 407 g/mol. The number of aryl methyl sites for hydroxylation is 1. The van der Waals surface area contributed by atoms with E-state index in [0.29, 0.717) is 5.69 Å². The largest absolute Gasteiger partial charge is 0.295 e. The van der Waals surface area contributed by atoms with Gasteiger partial charge in [-0.15, -0.1) is 11.8 Å². The van der Waals surface area contributed by atoms with Crippen LogP contribution in [0.4, 0.5) is 5.69 Å². The van der Waals surface area contributed by atoms with Crippen LogP contribution in [-0.4, -0.2) is 20.5 Å². The lowest BCUT2D eigenvalue weighted by molar-refractivity contribution is -0.117. The van der Waals surface area contributed by atoms with Crippen LogP contribution in [0, 0.1) is 6.92 Å². The maximum Gasteiger partial charge on any atom is 0.295 e. The molecule has 1 aliphatic heterocycles. The van der Waals surface area contributed by atoms with Gasteiger partial charge < -0.3 is 0 Å². The van der Waals surface area contributed by atoms with Crippen molar-refractivity contribution < 1.29 is 4.79 Å². The van der Waals surface area contributed by atoms with E-state index in [1.165, 1.54) is 5.56 Å². The number of nitrogens with zero attached hydrogens (tertiary/aromatic N) is 3. The average Bonchev–Trinajstić information content (AvgIpc) is 3.15. The van der Waals surface area contributed by atoms with Gasteiger partial charge in [0.1, 0.15) is 11.1 Å². The summed E-state index contributed by atoms with van der Waals surface area (Å²) in [6.45, 7) is 5.93. The molecule has 29 heavy (non-hydrogen) atoms. The van der Waals surface area contributed by atoms with E-state index in [4.69, 9.17) is 0 Å². The molecule has 0 radical (unpaired) electrons. The van der Waals surface area contributed by atoms with Crippen molar-refractivity contribution in [3.8, 4) is 5.69 Å². The van der Waals surface area contributed by atoms with Gasteiger partial charge in [-0.05, 0) is 43.5 Å². The number of amides is 1. The first-order valence-electron chi connectivity index (χ1n) is 9.85. The number of aromatic nitrogens is 2. The predicted octanol–water partition coefficient (Wildman–Crippen LogP) is 4.21. The van der Waals surface area contributed by atoms with Crippen LogP contribution >= 0.6 is 11.8 Å². The molecule has 0 bridgehead atoms. The summed E-state index contributed by atoms with van der Waals surface area (Å²) in [4.78, 5) is 28.3. The van der Waals surface area contributed by atoms with Crippen molar-refractivity contribution in [1.29, 1.82) is 0 Å². The third kappa shape index (κ3) is 3.21. The summed E-state index contributed by atoms with van der Waals surface area (Å²) in [6, 6.07) is 17.9. The molecule has 1 aromatic heterocycles. The van der Waals surface area contributed by atoms with Crippen molar-refractivity contribution in [2.24, 2.45) is 7.05 Å². The van der Waals surface area contributed by atoms with Crippen molar-refractivity contribution in [3.63, 3.8) is 0 Å². The van der Waals surface area contributed by atoms with E-state index in [9.17, 15) is 9.59 Å². The molecule has 0 aliphatic carbocycles. The first-order chi connectivity index (χ1) is 13.9. The van der Waals surface area contributed by atoms with E-state index < -0.39 is 0 Å². The van der Waals surface area contributed by atoms with Gasteiger partial charge in [-0.3, -0.25) is 19.2 Å². The lowest BCUT2D eigenvalue weighted by atomic mass is 10.1. The van der Waals surface area contributed by atoms with Gasteiger partial charge in [0.25, 0.3) is 5.56 Å². The van der Waals surface area contributed by atoms with Gasteiger partial charge in [-0.1, -0.05) is 49.4 Å². The molecule has 5 nitrogen and oxygen atoms in total. The molecule has 1 aliphatic rings. The highest BCUT2D eigenvalue weighted by Gasteiger charge is 2.42. The molecule has 0 unspecified atom stereocenters. The fourth-order valence-corrected chi connectivity index (χ4v) is 5.09. The Morgan fingerprint density at radius 2 is 1.66 bits per heavy atom. The summed E-state index contributed by atoms with van der Waals surface area (Å²) in [6.07, 6.45) is 0.969. The van der Waals surface area contributed by atoms with E-state index in [1.807, 2.05) is 55.9 Å². The molecule has 2 heterocycles. The molecule has 1 amide bonds. The maximum absolute atomic E-state index is 13.5. The van der Waals surface area contributed by atoms with Crippen molar-refractivity contribution in [1.82, 2.24) is 9.36 Å². The molecule has 150 valence electrons. The molecule has 3 aromatic rings. The predicted molar refractivity (Wildman–Crippen MR) is 119 cm³/mol. The third-order valence-corrected chi connectivity index (χ3v) is 6.94. The van der Waals surface area contributed by atoms with Crippen LogP contribution in [0.15, 0.2) is 59.4 Å². The number of anilines is 1. The van der Waals surface area contributed by atoms with Gasteiger partial charge in [0, 0.05) is 7.05 Å². The summed E-state index contributed by atoms with van der Waals surface area (Å²) >= 11 is 1.59. The number of hydrogen-bond acceptors (Lipinski definition) is 3. The topological polar surface area (TPSA) is 47.2 Å². The quantitative estimate of drug-likeness (QED) is 0.651. The normalized spacial score (nSPS) is 19.2. The van der Waals surface area contributed by atoms with Gasteiger partial charge in [-0.2, -0.15) is 0 Å². The first kappa shape index (κ1) is 19.6. The number of hydrogen-bond donors (Lipinski definition) is 0. The maximum atomic E-state index is 13.5. The number of rotatable bonds is 4. The Labute approximate surface area is 174 Å². The Kier molecular flexibility index (Phi) is 5.13. The van der Waals surface area contributed by atoms with Crippen molar-refractivity contribution in [2.75, 3.05) is 4.90 Å². The fourth-order valence-electron chi connectivity index (χ4n) is 3.83. The van der Waals surface area contributed by atoms with Crippen LogP contribution in [0.1, 0.15) is 36.0 Å². The summed E-state index contributed by atoms with van der Waals surface area (Å²) in [5.41, 5.74) is 4.14. The van der Waals surface area contributed by atoms with E-state index in [-0.39, 0.29) is 22.1 Å². The smallest absolute Gasteiger partial charge is 0.288 e. The first-order valence-corrected chi connectivity index (χ1v) is 10.8. The second-order valence-corrected chi connectivity index (χ2v) is 8.77. The van der Waals surface area contributed by atoms with E-state index >= 15 is 0 Å². The minimum Gasteiger partial charge on any atom is -0.288 e. The Hall–Kier alpha value is -2.73. The van der Waals surface area contributed by atoms with E-state index in [1.54, 1.807) is 21.3 Å². The van der Waals surface area contributed by atoms with Crippen LogP contribution < -0.4 is 10.5 Å². The van der Waals surface area contributed by atoms with Crippen molar-refractivity contribution >= 4 is 23.4 Å². The summed E-state index contributed by atoms with van der Waals surface area (Å²) < 4.78 is 3.45. The average molecular weight is 408 g/mol. The zero-order valence-electron chi connectivity index (χ0n) is 17.1. The second kappa shape index (κ2) is 7.59.